The van der Waals surface area contributed by atoms with Gasteiger partial charge in [0.1, 0.15) is 0 Å². The van der Waals surface area contributed by atoms with Crippen LogP contribution in [0.5, 0.6) is 0 Å². The van der Waals surface area contributed by atoms with E-state index in [0.29, 0.717) is 11.3 Å². The number of rotatable bonds is 5. The highest BCUT2D eigenvalue weighted by Crippen LogP contribution is 2.27. The number of carbonyl (C=O) groups is 1. The summed E-state index contributed by atoms with van der Waals surface area (Å²) >= 11 is 0. The van der Waals surface area contributed by atoms with Crippen molar-refractivity contribution in [3.63, 3.8) is 0 Å². The van der Waals surface area contributed by atoms with Crippen molar-refractivity contribution >= 4 is 21.6 Å². The minimum atomic E-state index is -3.52. The van der Waals surface area contributed by atoms with Crippen molar-refractivity contribution < 1.29 is 13.2 Å². The van der Waals surface area contributed by atoms with E-state index in [4.69, 9.17) is 0 Å². The lowest BCUT2D eigenvalue weighted by Crippen LogP contribution is -2.38. The van der Waals surface area contributed by atoms with E-state index in [1.807, 2.05) is 6.07 Å². The van der Waals surface area contributed by atoms with Crippen molar-refractivity contribution in [2.24, 2.45) is 0 Å². The van der Waals surface area contributed by atoms with E-state index in [1.54, 1.807) is 55.6 Å². The molecule has 3 rings (SSSR count). The first-order valence-electron chi connectivity index (χ1n) is 8.93. The molecule has 6 heteroatoms. The molecular weight excluding hydrogens is 348 g/mol. The summed E-state index contributed by atoms with van der Waals surface area (Å²) in [5.74, 6) is -0.222. The number of anilines is 1. The van der Waals surface area contributed by atoms with Gasteiger partial charge in [-0.25, -0.2) is 8.42 Å². The van der Waals surface area contributed by atoms with E-state index >= 15 is 0 Å². The fourth-order valence-corrected chi connectivity index (χ4v) is 4.73. The summed E-state index contributed by atoms with van der Waals surface area (Å²) in [6.07, 6.45) is 5.17. The Morgan fingerprint density at radius 1 is 0.962 bits per heavy atom. The topological polar surface area (TPSA) is 66.5 Å². The third-order valence-electron chi connectivity index (χ3n) is 4.91. The van der Waals surface area contributed by atoms with Gasteiger partial charge >= 0.3 is 0 Å². The summed E-state index contributed by atoms with van der Waals surface area (Å²) in [5.41, 5.74) is 1.12. The molecule has 1 N–H and O–H groups in total. The van der Waals surface area contributed by atoms with Crippen molar-refractivity contribution in [2.45, 2.75) is 43.0 Å². The van der Waals surface area contributed by atoms with E-state index in [9.17, 15) is 13.2 Å². The van der Waals surface area contributed by atoms with E-state index in [0.717, 1.165) is 25.7 Å². The molecule has 0 atom stereocenters. The molecule has 1 saturated carbocycles. The van der Waals surface area contributed by atoms with E-state index < -0.39 is 10.0 Å². The molecule has 1 aliphatic rings. The van der Waals surface area contributed by atoms with Crippen LogP contribution in [0, 0.1) is 0 Å². The Morgan fingerprint density at radius 2 is 1.58 bits per heavy atom. The fourth-order valence-electron chi connectivity index (χ4n) is 3.31. The zero-order valence-corrected chi connectivity index (χ0v) is 15.7. The van der Waals surface area contributed by atoms with Crippen LogP contribution < -0.4 is 5.32 Å². The van der Waals surface area contributed by atoms with Crippen LogP contribution in [0.15, 0.2) is 59.5 Å². The van der Waals surface area contributed by atoms with Crippen molar-refractivity contribution in [3.05, 3.63) is 60.2 Å². The minimum absolute atomic E-state index is 0.0752. The Labute approximate surface area is 155 Å². The van der Waals surface area contributed by atoms with Gasteiger partial charge in [-0.2, -0.15) is 4.31 Å². The molecule has 0 heterocycles. The third kappa shape index (κ3) is 4.14. The summed E-state index contributed by atoms with van der Waals surface area (Å²) in [4.78, 5) is 12.4. The van der Waals surface area contributed by atoms with Crippen molar-refractivity contribution in [1.82, 2.24) is 4.31 Å². The molecule has 138 valence electrons. The molecule has 5 nitrogen and oxygen atoms in total. The summed E-state index contributed by atoms with van der Waals surface area (Å²) in [6.45, 7) is 0. The normalized spacial score (nSPS) is 15.8. The molecule has 1 fully saturated rings. The standard InChI is InChI=1S/C20H24N2O3S/c1-22(18-10-6-3-7-11-18)26(24,25)19-14-12-17(13-15-19)21-20(23)16-8-4-2-5-9-16/h2,4-5,8-9,12-15,18H,3,6-7,10-11H2,1H3,(H,21,23). The molecule has 0 bridgehead atoms. The Hall–Kier alpha value is -2.18. The predicted octanol–water partition coefficient (Wildman–Crippen LogP) is 3.89. The van der Waals surface area contributed by atoms with E-state index in [-0.39, 0.29) is 16.8 Å². The lowest BCUT2D eigenvalue weighted by molar-refractivity contribution is 0.102. The highest BCUT2D eigenvalue weighted by Gasteiger charge is 2.28. The van der Waals surface area contributed by atoms with Gasteiger partial charge in [-0.1, -0.05) is 37.5 Å². The van der Waals surface area contributed by atoms with Gasteiger partial charge in [0.05, 0.1) is 4.90 Å². The van der Waals surface area contributed by atoms with Crippen molar-refractivity contribution in [2.75, 3.05) is 12.4 Å². The van der Waals surface area contributed by atoms with Gasteiger partial charge < -0.3 is 5.32 Å². The average molecular weight is 372 g/mol. The molecule has 26 heavy (non-hydrogen) atoms. The number of nitrogens with zero attached hydrogens (tertiary/aromatic N) is 1. The molecule has 0 radical (unpaired) electrons. The molecule has 0 saturated heterocycles. The Morgan fingerprint density at radius 3 is 2.19 bits per heavy atom. The Balaban J connectivity index is 1.71. The summed E-state index contributed by atoms with van der Waals surface area (Å²) < 4.78 is 27.2. The third-order valence-corrected chi connectivity index (χ3v) is 6.84. The molecule has 2 aromatic carbocycles. The summed E-state index contributed by atoms with van der Waals surface area (Å²) in [5, 5.41) is 2.78. The van der Waals surface area contributed by atoms with Crippen molar-refractivity contribution in [3.8, 4) is 0 Å². The van der Waals surface area contributed by atoms with Crippen LogP contribution in [-0.4, -0.2) is 31.7 Å². The number of hydrogen-bond donors (Lipinski definition) is 1. The molecule has 0 spiro atoms. The van der Waals surface area contributed by atoms with Crippen LogP contribution in [0.1, 0.15) is 42.5 Å². The Bertz CT molecular complexity index is 842. The van der Waals surface area contributed by atoms with Crippen LogP contribution in [0.2, 0.25) is 0 Å². The van der Waals surface area contributed by atoms with Gasteiger partial charge in [-0.3, -0.25) is 4.79 Å². The van der Waals surface area contributed by atoms with E-state index in [2.05, 4.69) is 5.32 Å². The van der Waals surface area contributed by atoms with Crippen LogP contribution in [-0.2, 0) is 10.0 Å². The fraction of sp³-hybridized carbons (Fsp3) is 0.350. The van der Waals surface area contributed by atoms with Crippen molar-refractivity contribution in [1.29, 1.82) is 0 Å². The predicted molar refractivity (Wildman–Crippen MR) is 103 cm³/mol. The smallest absolute Gasteiger partial charge is 0.255 e. The first kappa shape index (κ1) is 18.6. The van der Waals surface area contributed by atoms with Gasteiger partial charge in [0, 0.05) is 24.3 Å². The lowest BCUT2D eigenvalue weighted by Gasteiger charge is -2.30. The number of nitrogens with one attached hydrogen (secondary N) is 1. The van der Waals surface area contributed by atoms with Gasteiger partial charge in [0.15, 0.2) is 0 Å². The van der Waals surface area contributed by atoms with E-state index in [1.165, 1.54) is 10.7 Å². The highest BCUT2D eigenvalue weighted by molar-refractivity contribution is 7.89. The number of sulfonamides is 1. The summed E-state index contributed by atoms with van der Waals surface area (Å²) in [6, 6.07) is 15.3. The summed E-state index contributed by atoms with van der Waals surface area (Å²) in [7, 11) is -1.85. The van der Waals surface area contributed by atoms with Crippen LogP contribution in [0.25, 0.3) is 0 Å². The first-order chi connectivity index (χ1) is 12.5. The first-order valence-corrected chi connectivity index (χ1v) is 10.4. The maximum Gasteiger partial charge on any atom is 0.255 e. The zero-order chi connectivity index (χ0) is 18.6. The molecule has 0 aliphatic heterocycles. The number of carbonyl (C=O) groups excluding carboxylic acids is 1. The highest BCUT2D eigenvalue weighted by atomic mass is 32.2. The van der Waals surface area contributed by atoms with Crippen LogP contribution in [0.3, 0.4) is 0 Å². The average Bonchev–Trinajstić information content (AvgIpc) is 2.69. The molecular formula is C20H24N2O3S. The molecule has 0 aromatic heterocycles. The molecule has 1 amide bonds. The number of benzene rings is 2. The van der Waals surface area contributed by atoms with Gasteiger partial charge in [-0.15, -0.1) is 0 Å². The van der Waals surface area contributed by atoms with Crippen LogP contribution >= 0.6 is 0 Å². The SMILES string of the molecule is CN(C1CCCCC1)S(=O)(=O)c1ccc(NC(=O)c2ccccc2)cc1. The lowest BCUT2D eigenvalue weighted by atomic mass is 9.96. The number of hydrogen-bond acceptors (Lipinski definition) is 3. The van der Waals surface area contributed by atoms with Crippen LogP contribution in [0.4, 0.5) is 5.69 Å². The second kappa shape index (κ2) is 8.01. The zero-order valence-electron chi connectivity index (χ0n) is 14.9. The van der Waals surface area contributed by atoms with Gasteiger partial charge in [0.2, 0.25) is 10.0 Å². The van der Waals surface area contributed by atoms with Gasteiger partial charge in [-0.05, 0) is 49.2 Å². The monoisotopic (exact) mass is 372 g/mol. The second-order valence-electron chi connectivity index (χ2n) is 6.66. The molecule has 2 aromatic rings. The second-order valence-corrected chi connectivity index (χ2v) is 8.66. The number of amides is 1. The maximum atomic E-state index is 12.8. The largest absolute Gasteiger partial charge is 0.322 e. The molecule has 1 aliphatic carbocycles. The van der Waals surface area contributed by atoms with Gasteiger partial charge in [0.25, 0.3) is 5.91 Å². The maximum absolute atomic E-state index is 12.8. The molecule has 0 unspecified atom stereocenters. The quantitative estimate of drug-likeness (QED) is 0.866. The minimum Gasteiger partial charge on any atom is -0.322 e. The Kier molecular flexibility index (Phi) is 5.74.